The molecule has 0 aliphatic rings. The van der Waals surface area contributed by atoms with Crippen molar-refractivity contribution in [2.75, 3.05) is 18.2 Å². The molecule has 2 aromatic carbocycles. The number of ether oxygens (including phenoxy) is 1. The van der Waals surface area contributed by atoms with Crippen LogP contribution in [0.25, 0.3) is 10.9 Å². The normalized spacial score (nSPS) is 13.1. The van der Waals surface area contributed by atoms with Crippen LogP contribution in [-0.2, 0) is 4.79 Å². The zero-order valence-electron chi connectivity index (χ0n) is 15.9. The highest BCUT2D eigenvalue weighted by Crippen LogP contribution is 2.33. The first kappa shape index (κ1) is 19.2. The van der Waals surface area contributed by atoms with Crippen LogP contribution in [0.2, 0.25) is 0 Å². The Kier molecular flexibility index (Phi) is 6.01. The van der Waals surface area contributed by atoms with Crippen LogP contribution in [0.4, 0.5) is 5.69 Å². The molecule has 27 heavy (non-hydrogen) atoms. The van der Waals surface area contributed by atoms with Crippen LogP contribution in [0.3, 0.4) is 0 Å². The number of hydrogen-bond acceptors (Lipinski definition) is 4. The Labute approximate surface area is 164 Å². The summed E-state index contributed by atoms with van der Waals surface area (Å²) in [6, 6.07) is 17.6. The number of para-hydroxylation sites is 1. The zero-order valence-corrected chi connectivity index (χ0v) is 16.7. The van der Waals surface area contributed by atoms with Crippen LogP contribution in [0.15, 0.2) is 65.7 Å². The van der Waals surface area contributed by atoms with E-state index in [2.05, 4.69) is 17.2 Å². The summed E-state index contributed by atoms with van der Waals surface area (Å²) in [5, 5.41) is 4.11. The van der Waals surface area contributed by atoms with Gasteiger partial charge in [0.2, 0.25) is 5.91 Å². The molecule has 0 bridgehead atoms. The molecule has 1 atom stereocenters. The number of aromatic nitrogens is 1. The second-order valence-corrected chi connectivity index (χ2v) is 7.76. The van der Waals surface area contributed by atoms with Crippen molar-refractivity contribution in [3.63, 3.8) is 0 Å². The lowest BCUT2D eigenvalue weighted by Crippen LogP contribution is -2.35. The molecule has 0 fully saturated rings. The highest BCUT2D eigenvalue weighted by atomic mass is 32.2. The van der Waals surface area contributed by atoms with Gasteiger partial charge in [-0.05, 0) is 49.7 Å². The lowest BCUT2D eigenvalue weighted by molar-refractivity contribution is -0.123. The van der Waals surface area contributed by atoms with Crippen molar-refractivity contribution in [3.05, 3.63) is 60.8 Å². The van der Waals surface area contributed by atoms with Crippen molar-refractivity contribution >= 4 is 34.3 Å². The number of carbonyl (C=O) groups is 1. The van der Waals surface area contributed by atoms with Crippen molar-refractivity contribution in [1.29, 1.82) is 0 Å². The zero-order chi connectivity index (χ0) is 19.3. The van der Waals surface area contributed by atoms with Gasteiger partial charge in [0.1, 0.15) is 5.75 Å². The molecule has 1 unspecified atom stereocenters. The van der Waals surface area contributed by atoms with Crippen molar-refractivity contribution in [2.45, 2.75) is 25.2 Å². The van der Waals surface area contributed by atoms with Crippen LogP contribution in [0.5, 0.6) is 5.75 Å². The van der Waals surface area contributed by atoms with Crippen LogP contribution in [0, 0.1) is 5.41 Å². The summed E-state index contributed by atoms with van der Waals surface area (Å²) in [6.45, 7) is 4.06. The van der Waals surface area contributed by atoms with Gasteiger partial charge in [-0.2, -0.15) is 0 Å². The quantitative estimate of drug-likeness (QED) is 0.558. The monoisotopic (exact) mass is 380 g/mol. The molecular weight excluding hydrogens is 356 g/mol. The van der Waals surface area contributed by atoms with Crippen molar-refractivity contribution in [3.8, 4) is 5.75 Å². The molecule has 1 amide bonds. The van der Waals surface area contributed by atoms with Gasteiger partial charge in [0.05, 0.1) is 23.7 Å². The lowest BCUT2D eigenvalue weighted by atomic mass is 9.88. The lowest BCUT2D eigenvalue weighted by Gasteiger charge is -2.27. The number of nitrogens with one attached hydrogen (secondary N) is 1. The average Bonchev–Trinajstić information content (AvgIpc) is 2.72. The van der Waals surface area contributed by atoms with E-state index in [0.29, 0.717) is 5.75 Å². The average molecular weight is 381 g/mol. The predicted molar refractivity (Wildman–Crippen MR) is 112 cm³/mol. The van der Waals surface area contributed by atoms with Crippen LogP contribution in [-0.4, -0.2) is 23.8 Å². The first-order chi connectivity index (χ1) is 13.1. The molecule has 0 saturated carbocycles. The van der Waals surface area contributed by atoms with Gasteiger partial charge in [0.15, 0.2) is 0 Å². The minimum atomic E-state index is -0.485. The van der Waals surface area contributed by atoms with E-state index < -0.39 is 5.41 Å². The number of fused-ring (bicyclic) bond motifs is 1. The summed E-state index contributed by atoms with van der Waals surface area (Å²) in [6.07, 6.45) is 2.50. The van der Waals surface area contributed by atoms with E-state index in [4.69, 9.17) is 4.74 Å². The standard InChI is InChI=1S/C22H24N2O2S/c1-4-22(2,15-27-18-12-10-17(26-3)11-13-18)21(25)24-19-9-5-7-16-8-6-14-23-20(16)19/h5-14H,4,15H2,1-3H3,(H,24,25). The second kappa shape index (κ2) is 8.44. The molecule has 0 saturated heterocycles. The van der Waals surface area contributed by atoms with Gasteiger partial charge in [-0.3, -0.25) is 9.78 Å². The maximum atomic E-state index is 13.1. The van der Waals surface area contributed by atoms with Gasteiger partial charge in [-0.15, -0.1) is 11.8 Å². The molecule has 0 radical (unpaired) electrons. The topological polar surface area (TPSA) is 51.2 Å². The molecule has 0 spiro atoms. The fraction of sp³-hybridized carbons (Fsp3) is 0.273. The van der Waals surface area contributed by atoms with Gasteiger partial charge < -0.3 is 10.1 Å². The number of methoxy groups -OCH3 is 1. The summed E-state index contributed by atoms with van der Waals surface area (Å²) >= 11 is 1.68. The number of anilines is 1. The fourth-order valence-electron chi connectivity index (χ4n) is 2.72. The summed E-state index contributed by atoms with van der Waals surface area (Å²) < 4.78 is 5.20. The van der Waals surface area contributed by atoms with E-state index in [9.17, 15) is 4.79 Å². The van der Waals surface area contributed by atoms with Gasteiger partial charge in [-0.1, -0.05) is 25.1 Å². The molecule has 3 rings (SSSR count). The van der Waals surface area contributed by atoms with E-state index in [1.54, 1.807) is 25.1 Å². The van der Waals surface area contributed by atoms with Gasteiger partial charge in [-0.25, -0.2) is 0 Å². The minimum absolute atomic E-state index is 0.0177. The predicted octanol–water partition coefficient (Wildman–Crippen LogP) is 5.39. The van der Waals surface area contributed by atoms with E-state index in [1.807, 2.05) is 61.5 Å². The molecule has 5 heteroatoms. The Morgan fingerprint density at radius 3 is 2.59 bits per heavy atom. The number of nitrogens with zero attached hydrogens (tertiary/aromatic N) is 1. The van der Waals surface area contributed by atoms with Gasteiger partial charge in [0, 0.05) is 22.2 Å². The maximum absolute atomic E-state index is 13.1. The van der Waals surface area contributed by atoms with E-state index in [0.717, 1.165) is 33.7 Å². The number of benzene rings is 2. The summed E-state index contributed by atoms with van der Waals surface area (Å²) in [7, 11) is 1.66. The summed E-state index contributed by atoms with van der Waals surface area (Å²) in [5.74, 6) is 1.54. The van der Waals surface area contributed by atoms with Gasteiger partial charge >= 0.3 is 0 Å². The Morgan fingerprint density at radius 2 is 1.89 bits per heavy atom. The third kappa shape index (κ3) is 4.42. The molecule has 1 N–H and O–H groups in total. The number of thioether (sulfide) groups is 1. The third-order valence-corrected chi connectivity index (χ3v) is 6.21. The van der Waals surface area contributed by atoms with Crippen LogP contribution >= 0.6 is 11.8 Å². The molecule has 0 aliphatic heterocycles. The van der Waals surface area contributed by atoms with Crippen LogP contribution < -0.4 is 10.1 Å². The van der Waals surface area contributed by atoms with Crippen LogP contribution in [0.1, 0.15) is 20.3 Å². The fourth-order valence-corrected chi connectivity index (χ4v) is 3.87. The Morgan fingerprint density at radius 1 is 1.15 bits per heavy atom. The summed E-state index contributed by atoms with van der Waals surface area (Å²) in [4.78, 5) is 18.6. The van der Waals surface area contributed by atoms with E-state index >= 15 is 0 Å². The number of carbonyl (C=O) groups excluding carboxylic acids is 1. The molecule has 4 nitrogen and oxygen atoms in total. The number of hydrogen-bond donors (Lipinski definition) is 1. The van der Waals surface area contributed by atoms with Crippen molar-refractivity contribution in [1.82, 2.24) is 4.98 Å². The molecule has 3 aromatic rings. The Balaban J connectivity index is 1.73. The third-order valence-electron chi connectivity index (χ3n) is 4.83. The smallest absolute Gasteiger partial charge is 0.231 e. The minimum Gasteiger partial charge on any atom is -0.497 e. The second-order valence-electron chi connectivity index (χ2n) is 6.71. The van der Waals surface area contributed by atoms with E-state index in [-0.39, 0.29) is 5.91 Å². The largest absolute Gasteiger partial charge is 0.497 e. The van der Waals surface area contributed by atoms with Gasteiger partial charge in [0.25, 0.3) is 0 Å². The Bertz CT molecular complexity index is 922. The summed E-state index contributed by atoms with van der Waals surface area (Å²) in [5.41, 5.74) is 1.09. The number of rotatable bonds is 7. The highest BCUT2D eigenvalue weighted by molar-refractivity contribution is 7.99. The first-order valence-corrected chi connectivity index (χ1v) is 9.96. The van der Waals surface area contributed by atoms with E-state index in [1.165, 1.54) is 0 Å². The maximum Gasteiger partial charge on any atom is 0.231 e. The number of amides is 1. The molecule has 1 heterocycles. The number of pyridine rings is 1. The first-order valence-electron chi connectivity index (χ1n) is 8.98. The Hall–Kier alpha value is -2.53. The SMILES string of the molecule is CCC(C)(CSc1ccc(OC)cc1)C(=O)Nc1cccc2cccnc12. The molecule has 1 aromatic heterocycles. The van der Waals surface area contributed by atoms with Crippen molar-refractivity contribution < 1.29 is 9.53 Å². The van der Waals surface area contributed by atoms with Crippen molar-refractivity contribution in [2.24, 2.45) is 5.41 Å². The molecular formula is C22H24N2O2S. The molecule has 0 aliphatic carbocycles. The molecule has 140 valence electrons. The highest BCUT2D eigenvalue weighted by Gasteiger charge is 2.32.